The maximum atomic E-state index is 6.24. The van der Waals surface area contributed by atoms with E-state index in [1.807, 2.05) is 38.2 Å². The van der Waals surface area contributed by atoms with Crippen LogP contribution in [0.5, 0.6) is 0 Å². The van der Waals surface area contributed by atoms with Gasteiger partial charge in [0.1, 0.15) is 18.7 Å². The minimum atomic E-state index is 0. The van der Waals surface area contributed by atoms with Crippen LogP contribution in [0.2, 0.25) is 5.02 Å². The first-order valence-electron chi connectivity index (χ1n) is 7.24. The van der Waals surface area contributed by atoms with Crippen molar-refractivity contribution >= 4 is 41.5 Å². The van der Waals surface area contributed by atoms with E-state index in [1.54, 1.807) is 4.68 Å². The fourth-order valence-corrected chi connectivity index (χ4v) is 2.34. The van der Waals surface area contributed by atoms with Crippen LogP contribution in [-0.4, -0.2) is 27.3 Å². The van der Waals surface area contributed by atoms with Crippen molar-refractivity contribution in [2.45, 2.75) is 26.4 Å². The molecule has 0 aliphatic carbocycles. The molecule has 1 unspecified atom stereocenters. The summed E-state index contributed by atoms with van der Waals surface area (Å²) in [6.45, 7) is 5.32. The monoisotopic (exact) mass is 448 g/mol. The van der Waals surface area contributed by atoms with E-state index in [0.29, 0.717) is 6.54 Å². The van der Waals surface area contributed by atoms with Crippen molar-refractivity contribution in [3.63, 3.8) is 0 Å². The number of benzene rings is 1. The number of guanidine groups is 1. The predicted octanol–water partition coefficient (Wildman–Crippen LogP) is 2.90. The average molecular weight is 449 g/mol. The third-order valence-corrected chi connectivity index (χ3v) is 3.60. The lowest BCUT2D eigenvalue weighted by Gasteiger charge is -2.19. The molecule has 0 bridgehead atoms. The fraction of sp³-hybridized carbons (Fsp3) is 0.400. The van der Waals surface area contributed by atoms with Gasteiger partial charge >= 0.3 is 0 Å². The number of aliphatic imine (C=N–C) groups is 1. The highest BCUT2D eigenvalue weighted by atomic mass is 127. The van der Waals surface area contributed by atoms with Crippen LogP contribution >= 0.6 is 35.6 Å². The predicted molar refractivity (Wildman–Crippen MR) is 104 cm³/mol. The third-order valence-electron chi connectivity index (χ3n) is 3.25. The van der Waals surface area contributed by atoms with Gasteiger partial charge in [-0.3, -0.25) is 4.68 Å². The maximum Gasteiger partial charge on any atom is 0.192 e. The second-order valence-corrected chi connectivity index (χ2v) is 5.29. The highest BCUT2D eigenvalue weighted by molar-refractivity contribution is 14.0. The lowest BCUT2D eigenvalue weighted by atomic mass is 10.1. The normalized spacial score (nSPS) is 12.4. The van der Waals surface area contributed by atoms with Crippen LogP contribution in [0.4, 0.5) is 0 Å². The average Bonchev–Trinajstić information content (AvgIpc) is 2.90. The van der Waals surface area contributed by atoms with Crippen LogP contribution < -0.4 is 10.6 Å². The maximum absolute atomic E-state index is 6.24. The summed E-state index contributed by atoms with van der Waals surface area (Å²) in [5, 5.41) is 11.4. The van der Waals surface area contributed by atoms with Gasteiger partial charge in [-0.15, -0.1) is 24.0 Å². The van der Waals surface area contributed by atoms with Gasteiger partial charge in [0.2, 0.25) is 0 Å². The lowest BCUT2D eigenvalue weighted by molar-refractivity contribution is 0.672. The Kier molecular flexibility index (Phi) is 8.32. The Morgan fingerprint density at radius 3 is 2.74 bits per heavy atom. The Morgan fingerprint density at radius 1 is 1.39 bits per heavy atom. The molecule has 0 aliphatic heterocycles. The Bertz CT molecular complexity index is 642. The lowest BCUT2D eigenvalue weighted by Crippen LogP contribution is -2.38. The van der Waals surface area contributed by atoms with Gasteiger partial charge < -0.3 is 10.6 Å². The van der Waals surface area contributed by atoms with Crippen LogP contribution in [0.1, 0.15) is 31.3 Å². The van der Waals surface area contributed by atoms with Gasteiger partial charge in [0.15, 0.2) is 5.96 Å². The minimum Gasteiger partial charge on any atom is -0.357 e. The molecule has 1 aromatic heterocycles. The van der Waals surface area contributed by atoms with Gasteiger partial charge in [0, 0.05) is 18.6 Å². The summed E-state index contributed by atoms with van der Waals surface area (Å²) >= 11 is 6.24. The molecule has 2 rings (SSSR count). The molecule has 126 valence electrons. The quantitative estimate of drug-likeness (QED) is 0.419. The number of hydrogen-bond acceptors (Lipinski definition) is 3. The summed E-state index contributed by atoms with van der Waals surface area (Å²) in [4.78, 5) is 8.71. The van der Waals surface area contributed by atoms with Crippen LogP contribution in [-0.2, 0) is 13.6 Å². The largest absolute Gasteiger partial charge is 0.357 e. The highest BCUT2D eigenvalue weighted by Gasteiger charge is 2.11. The van der Waals surface area contributed by atoms with Crippen molar-refractivity contribution in [2.75, 3.05) is 6.54 Å². The Balaban J connectivity index is 0.00000264. The highest BCUT2D eigenvalue weighted by Crippen LogP contribution is 2.21. The molecule has 0 saturated carbocycles. The molecule has 1 aromatic carbocycles. The number of aromatic nitrogens is 3. The van der Waals surface area contributed by atoms with E-state index in [2.05, 4.69) is 32.6 Å². The smallest absolute Gasteiger partial charge is 0.192 e. The molecule has 0 fully saturated rings. The first kappa shape index (κ1) is 19.7. The Hall–Kier alpha value is -1.35. The molecule has 0 saturated heterocycles. The molecule has 6 nitrogen and oxygen atoms in total. The van der Waals surface area contributed by atoms with E-state index in [0.717, 1.165) is 28.9 Å². The number of nitrogens with one attached hydrogen (secondary N) is 2. The van der Waals surface area contributed by atoms with Crippen LogP contribution in [0.3, 0.4) is 0 Å². The number of rotatable bonds is 5. The molecule has 0 radical (unpaired) electrons. The van der Waals surface area contributed by atoms with Crippen LogP contribution in [0.15, 0.2) is 35.6 Å². The molecule has 2 N–H and O–H groups in total. The summed E-state index contributed by atoms with van der Waals surface area (Å²) in [7, 11) is 1.85. The zero-order valence-corrected chi connectivity index (χ0v) is 16.5. The van der Waals surface area contributed by atoms with Crippen LogP contribution in [0.25, 0.3) is 0 Å². The van der Waals surface area contributed by atoms with Crippen molar-refractivity contribution in [3.05, 3.63) is 47.0 Å². The second kappa shape index (κ2) is 9.71. The van der Waals surface area contributed by atoms with E-state index < -0.39 is 0 Å². The van der Waals surface area contributed by atoms with Gasteiger partial charge in [-0.05, 0) is 25.5 Å². The molecule has 0 aliphatic rings. The van der Waals surface area contributed by atoms with E-state index in [1.165, 1.54) is 6.33 Å². The van der Waals surface area contributed by atoms with Gasteiger partial charge in [-0.2, -0.15) is 5.10 Å². The summed E-state index contributed by atoms with van der Waals surface area (Å²) in [6, 6.07) is 7.84. The summed E-state index contributed by atoms with van der Waals surface area (Å²) < 4.78 is 1.71. The van der Waals surface area contributed by atoms with Crippen molar-refractivity contribution < 1.29 is 0 Å². The molecule has 8 heteroatoms. The molecular weight excluding hydrogens is 427 g/mol. The number of halogens is 2. The molecule has 0 spiro atoms. The van der Waals surface area contributed by atoms with E-state index >= 15 is 0 Å². The zero-order chi connectivity index (χ0) is 15.9. The first-order valence-corrected chi connectivity index (χ1v) is 7.61. The van der Waals surface area contributed by atoms with Crippen molar-refractivity contribution in [1.29, 1.82) is 0 Å². The number of aryl methyl sites for hydroxylation is 1. The Morgan fingerprint density at radius 2 is 2.13 bits per heavy atom. The zero-order valence-electron chi connectivity index (χ0n) is 13.5. The topological polar surface area (TPSA) is 67.1 Å². The number of hydrogen-bond donors (Lipinski definition) is 2. The second-order valence-electron chi connectivity index (χ2n) is 4.88. The number of nitrogens with zero attached hydrogens (tertiary/aromatic N) is 4. The van der Waals surface area contributed by atoms with E-state index in [4.69, 9.17) is 11.6 Å². The van der Waals surface area contributed by atoms with Crippen molar-refractivity contribution in [1.82, 2.24) is 25.4 Å². The van der Waals surface area contributed by atoms with Gasteiger partial charge in [0.25, 0.3) is 0 Å². The molecule has 2 aromatic rings. The van der Waals surface area contributed by atoms with Crippen molar-refractivity contribution in [2.24, 2.45) is 12.0 Å². The summed E-state index contributed by atoms with van der Waals surface area (Å²) in [6.07, 6.45) is 1.53. The van der Waals surface area contributed by atoms with Crippen molar-refractivity contribution in [3.8, 4) is 0 Å². The van der Waals surface area contributed by atoms with Crippen LogP contribution in [0, 0.1) is 0 Å². The summed E-state index contributed by atoms with van der Waals surface area (Å²) in [5.74, 6) is 1.53. The SMILES string of the molecule is CCNC(=NCc1ncnn1C)NC(C)c1ccccc1Cl.I. The fourth-order valence-electron chi connectivity index (χ4n) is 2.04. The molecule has 23 heavy (non-hydrogen) atoms. The minimum absolute atomic E-state index is 0. The Labute approximate surface area is 158 Å². The van der Waals surface area contributed by atoms with Gasteiger partial charge in [-0.25, -0.2) is 9.98 Å². The standard InChI is InChI=1S/C15H21ClN6.HI/c1-4-17-15(18-9-14-19-10-20-22(14)3)21-11(2)12-7-5-6-8-13(12)16;/h5-8,10-11H,4,9H2,1-3H3,(H2,17,18,21);1H. The molecule has 1 heterocycles. The van der Waals surface area contributed by atoms with E-state index in [-0.39, 0.29) is 30.0 Å². The van der Waals surface area contributed by atoms with Gasteiger partial charge in [0.05, 0.1) is 6.04 Å². The molecule has 1 atom stereocenters. The van der Waals surface area contributed by atoms with Gasteiger partial charge in [-0.1, -0.05) is 29.8 Å². The molecular formula is C15H22ClIN6. The first-order chi connectivity index (χ1) is 10.6. The third kappa shape index (κ3) is 5.65. The van der Waals surface area contributed by atoms with E-state index in [9.17, 15) is 0 Å². The molecule has 0 amide bonds. The summed E-state index contributed by atoms with van der Waals surface area (Å²) in [5.41, 5.74) is 1.04.